The van der Waals surface area contributed by atoms with Gasteiger partial charge in [0.1, 0.15) is 11.3 Å². The third-order valence-corrected chi connectivity index (χ3v) is 4.39. The largest absolute Gasteiger partial charge is 0.497 e. The number of carbonyl (C=O) groups excluding carboxylic acids is 3. The normalized spacial score (nSPS) is 19.0. The zero-order chi connectivity index (χ0) is 20.3. The van der Waals surface area contributed by atoms with Crippen LogP contribution in [0.4, 0.5) is 10.5 Å². The molecule has 3 rings (SSSR count). The second kappa shape index (κ2) is 7.51. The summed E-state index contributed by atoms with van der Waals surface area (Å²) in [6, 6.07) is 13.1. The Morgan fingerprint density at radius 3 is 2.36 bits per heavy atom. The average Bonchev–Trinajstić information content (AvgIpc) is 2.90. The number of imide groups is 1. The fourth-order valence-electron chi connectivity index (χ4n) is 2.83. The number of rotatable bonds is 5. The van der Waals surface area contributed by atoms with Crippen molar-refractivity contribution >= 4 is 29.7 Å². The van der Waals surface area contributed by atoms with E-state index in [0.717, 1.165) is 5.01 Å². The minimum Gasteiger partial charge on any atom is -0.497 e. The van der Waals surface area contributed by atoms with Gasteiger partial charge in [0.15, 0.2) is 0 Å². The Kier molecular flexibility index (Phi) is 5.12. The molecule has 1 heterocycles. The van der Waals surface area contributed by atoms with Gasteiger partial charge < -0.3 is 15.4 Å². The zero-order valence-electron chi connectivity index (χ0n) is 15.7. The topological polar surface area (TPSA) is 100 Å². The maximum absolute atomic E-state index is 12.8. The van der Waals surface area contributed by atoms with E-state index in [0.29, 0.717) is 22.6 Å². The quantitative estimate of drug-likeness (QED) is 0.615. The average molecular weight is 380 g/mol. The van der Waals surface area contributed by atoms with Crippen LogP contribution in [0.2, 0.25) is 0 Å². The Balaban J connectivity index is 1.77. The molecule has 2 aromatic rings. The van der Waals surface area contributed by atoms with Gasteiger partial charge in [-0.15, -0.1) is 5.01 Å². The van der Waals surface area contributed by atoms with Gasteiger partial charge in [-0.25, -0.2) is 4.79 Å². The number of hydrazone groups is 1. The van der Waals surface area contributed by atoms with Crippen molar-refractivity contribution in [1.82, 2.24) is 10.3 Å². The van der Waals surface area contributed by atoms with Crippen molar-refractivity contribution in [2.75, 3.05) is 12.4 Å². The summed E-state index contributed by atoms with van der Waals surface area (Å²) in [5.41, 5.74) is 0.735. The van der Waals surface area contributed by atoms with Gasteiger partial charge in [0.05, 0.1) is 13.3 Å². The maximum atomic E-state index is 12.8. The van der Waals surface area contributed by atoms with Crippen LogP contribution in [0.3, 0.4) is 0 Å². The number of benzene rings is 2. The minimum absolute atomic E-state index is 0.168. The number of nitrogens with zero attached hydrogens (tertiary/aromatic N) is 2. The summed E-state index contributed by atoms with van der Waals surface area (Å²) in [5.74, 6) is 0.00839. The number of ether oxygens (including phenoxy) is 1. The molecule has 0 aromatic heterocycles. The van der Waals surface area contributed by atoms with Gasteiger partial charge in [-0.05, 0) is 42.3 Å². The molecule has 1 aliphatic rings. The Morgan fingerprint density at radius 1 is 1.14 bits per heavy atom. The first kappa shape index (κ1) is 19.1. The van der Waals surface area contributed by atoms with E-state index in [1.165, 1.54) is 13.1 Å². The number of carbonyl (C=O) groups is 3. The number of hydrogen-bond acceptors (Lipinski definition) is 5. The highest BCUT2D eigenvalue weighted by atomic mass is 16.5. The first-order valence-electron chi connectivity index (χ1n) is 8.56. The standard InChI is InChI=1S/C20H20N4O4/c1-13(25)22-16-8-4-14(5-9-16)12-21-24-18(26)20(2,23-19(24)27)15-6-10-17(28-3)11-7-15/h4-12H,1-3H3,(H,22,25)(H,23,27)/b21-12-/t20-/m0/s1. The SMILES string of the molecule is COc1ccc([C@]2(C)NC(=O)N(/N=C\c3ccc(NC(C)=O)cc3)C2=O)cc1. The summed E-state index contributed by atoms with van der Waals surface area (Å²) in [6.07, 6.45) is 1.41. The van der Waals surface area contributed by atoms with Crippen LogP contribution in [0.1, 0.15) is 25.0 Å². The molecule has 0 radical (unpaired) electrons. The van der Waals surface area contributed by atoms with Gasteiger partial charge >= 0.3 is 6.03 Å². The molecule has 0 aliphatic carbocycles. The van der Waals surface area contributed by atoms with E-state index in [1.807, 2.05) is 0 Å². The Bertz CT molecular complexity index is 938. The van der Waals surface area contributed by atoms with E-state index in [2.05, 4.69) is 15.7 Å². The molecule has 4 amide bonds. The molecule has 2 aromatic carbocycles. The summed E-state index contributed by atoms with van der Waals surface area (Å²) in [6.45, 7) is 3.06. The van der Waals surface area contributed by atoms with E-state index in [1.54, 1.807) is 62.6 Å². The number of anilines is 1. The molecule has 2 N–H and O–H groups in total. The number of nitrogens with one attached hydrogen (secondary N) is 2. The highest BCUT2D eigenvalue weighted by Gasteiger charge is 2.49. The predicted octanol–water partition coefficient (Wildman–Crippen LogP) is 2.45. The van der Waals surface area contributed by atoms with E-state index in [9.17, 15) is 14.4 Å². The molecule has 1 atom stereocenters. The number of amides is 4. The van der Waals surface area contributed by atoms with Crippen LogP contribution >= 0.6 is 0 Å². The molecule has 8 heteroatoms. The van der Waals surface area contributed by atoms with Crippen molar-refractivity contribution in [2.45, 2.75) is 19.4 Å². The fraction of sp³-hybridized carbons (Fsp3) is 0.200. The summed E-state index contributed by atoms with van der Waals surface area (Å²) in [7, 11) is 1.55. The number of methoxy groups -OCH3 is 1. The van der Waals surface area contributed by atoms with Crippen LogP contribution in [-0.4, -0.2) is 36.2 Å². The van der Waals surface area contributed by atoms with Crippen molar-refractivity contribution in [1.29, 1.82) is 0 Å². The summed E-state index contributed by atoms with van der Waals surface area (Å²) in [4.78, 5) is 36.2. The van der Waals surface area contributed by atoms with Crippen molar-refractivity contribution in [2.24, 2.45) is 5.10 Å². The number of hydrogen-bond donors (Lipinski definition) is 2. The van der Waals surface area contributed by atoms with Crippen LogP contribution in [0.5, 0.6) is 5.75 Å². The molecule has 0 bridgehead atoms. The highest BCUT2D eigenvalue weighted by Crippen LogP contribution is 2.30. The zero-order valence-corrected chi connectivity index (χ0v) is 15.7. The Morgan fingerprint density at radius 2 is 1.79 bits per heavy atom. The first-order chi connectivity index (χ1) is 13.3. The molecule has 0 saturated carbocycles. The summed E-state index contributed by atoms with van der Waals surface area (Å²) >= 11 is 0. The minimum atomic E-state index is -1.21. The summed E-state index contributed by atoms with van der Waals surface area (Å²) in [5, 5.41) is 10.2. The van der Waals surface area contributed by atoms with Crippen molar-refractivity contribution in [3.63, 3.8) is 0 Å². The molecule has 1 fully saturated rings. The fourth-order valence-corrected chi connectivity index (χ4v) is 2.83. The lowest BCUT2D eigenvalue weighted by molar-refractivity contribution is -0.131. The Hall–Kier alpha value is -3.68. The molecular weight excluding hydrogens is 360 g/mol. The van der Waals surface area contributed by atoms with Crippen molar-refractivity contribution < 1.29 is 19.1 Å². The van der Waals surface area contributed by atoms with Crippen LogP contribution in [0.25, 0.3) is 0 Å². The lowest BCUT2D eigenvalue weighted by Gasteiger charge is -2.21. The highest BCUT2D eigenvalue weighted by molar-refractivity contribution is 6.07. The Labute approximate surface area is 162 Å². The van der Waals surface area contributed by atoms with Gasteiger partial charge in [0.25, 0.3) is 5.91 Å². The van der Waals surface area contributed by atoms with Crippen LogP contribution in [0, 0.1) is 0 Å². The predicted molar refractivity (Wildman–Crippen MR) is 104 cm³/mol. The van der Waals surface area contributed by atoms with Gasteiger partial charge in [-0.2, -0.15) is 5.10 Å². The van der Waals surface area contributed by atoms with Gasteiger partial charge in [-0.3, -0.25) is 9.59 Å². The van der Waals surface area contributed by atoms with Gasteiger partial charge in [0, 0.05) is 12.6 Å². The second-order valence-corrected chi connectivity index (χ2v) is 6.45. The van der Waals surface area contributed by atoms with Crippen LogP contribution in [-0.2, 0) is 15.1 Å². The molecule has 0 spiro atoms. The van der Waals surface area contributed by atoms with Gasteiger partial charge in [-0.1, -0.05) is 24.3 Å². The molecule has 0 unspecified atom stereocenters. The molecule has 1 saturated heterocycles. The molecule has 144 valence electrons. The molecular formula is C20H20N4O4. The molecule has 8 nitrogen and oxygen atoms in total. The molecule has 28 heavy (non-hydrogen) atoms. The monoisotopic (exact) mass is 380 g/mol. The van der Waals surface area contributed by atoms with Crippen molar-refractivity contribution in [3.05, 3.63) is 59.7 Å². The first-order valence-corrected chi connectivity index (χ1v) is 8.56. The lowest BCUT2D eigenvalue weighted by Crippen LogP contribution is -2.40. The second-order valence-electron chi connectivity index (χ2n) is 6.45. The third kappa shape index (κ3) is 3.71. The van der Waals surface area contributed by atoms with E-state index in [-0.39, 0.29) is 5.91 Å². The van der Waals surface area contributed by atoms with E-state index < -0.39 is 17.5 Å². The van der Waals surface area contributed by atoms with Crippen LogP contribution in [0.15, 0.2) is 53.6 Å². The third-order valence-electron chi connectivity index (χ3n) is 4.39. The summed E-state index contributed by atoms with van der Waals surface area (Å²) < 4.78 is 5.12. The molecule has 1 aliphatic heterocycles. The maximum Gasteiger partial charge on any atom is 0.346 e. The van der Waals surface area contributed by atoms with E-state index >= 15 is 0 Å². The van der Waals surface area contributed by atoms with Gasteiger partial charge in [0.2, 0.25) is 5.91 Å². The van der Waals surface area contributed by atoms with Crippen molar-refractivity contribution in [3.8, 4) is 5.75 Å². The lowest BCUT2D eigenvalue weighted by atomic mass is 9.92. The smallest absolute Gasteiger partial charge is 0.346 e. The van der Waals surface area contributed by atoms with Crippen LogP contribution < -0.4 is 15.4 Å². The van der Waals surface area contributed by atoms with E-state index in [4.69, 9.17) is 4.74 Å². The number of urea groups is 1.